The molecule has 2 heterocycles. The average molecular weight is 312 g/mol. The molecule has 118 valence electrons. The van der Waals surface area contributed by atoms with Crippen molar-refractivity contribution in [3.63, 3.8) is 0 Å². The highest BCUT2D eigenvalue weighted by molar-refractivity contribution is 6.30. The second kappa shape index (κ2) is 6.49. The van der Waals surface area contributed by atoms with Gasteiger partial charge in [-0.1, -0.05) is 32.4 Å². The highest BCUT2D eigenvalue weighted by Gasteiger charge is 2.28. The number of aliphatic hydroxyl groups excluding tert-OH is 1. The van der Waals surface area contributed by atoms with E-state index in [1.165, 1.54) is 6.42 Å². The van der Waals surface area contributed by atoms with E-state index in [2.05, 4.69) is 30.7 Å². The van der Waals surface area contributed by atoms with Gasteiger partial charge in [0.2, 0.25) is 0 Å². The molecule has 1 unspecified atom stereocenters. The molecule has 1 saturated heterocycles. The van der Waals surface area contributed by atoms with Crippen LogP contribution in [0.25, 0.3) is 0 Å². The highest BCUT2D eigenvalue weighted by atomic mass is 35.5. The Hall–Kier alpha value is -0.870. The van der Waals surface area contributed by atoms with Gasteiger partial charge in [-0.05, 0) is 32.6 Å². The van der Waals surface area contributed by atoms with Crippen LogP contribution in [0.2, 0.25) is 5.15 Å². The summed E-state index contributed by atoms with van der Waals surface area (Å²) in [6.07, 6.45) is 4.26. The quantitative estimate of drug-likeness (QED) is 0.868. The molecule has 1 N–H and O–H groups in total. The zero-order valence-electron chi connectivity index (χ0n) is 13.5. The van der Waals surface area contributed by atoms with Gasteiger partial charge in [-0.2, -0.15) is 0 Å². The Morgan fingerprint density at radius 3 is 2.62 bits per heavy atom. The smallest absolute Gasteiger partial charge is 0.137 e. The van der Waals surface area contributed by atoms with E-state index < -0.39 is 0 Å². The van der Waals surface area contributed by atoms with Crippen LogP contribution in [0.5, 0.6) is 0 Å². The van der Waals surface area contributed by atoms with E-state index in [9.17, 15) is 5.11 Å². The zero-order chi connectivity index (χ0) is 15.6. The van der Waals surface area contributed by atoms with Crippen molar-refractivity contribution in [2.45, 2.75) is 64.8 Å². The molecule has 1 aliphatic rings. The van der Waals surface area contributed by atoms with Gasteiger partial charge >= 0.3 is 0 Å². The number of nitrogens with zero attached hydrogens (tertiary/aromatic N) is 3. The number of aromatic nitrogens is 2. The Morgan fingerprint density at radius 1 is 1.29 bits per heavy atom. The summed E-state index contributed by atoms with van der Waals surface area (Å²) in [5, 5.41) is 9.85. The molecule has 0 radical (unpaired) electrons. The van der Waals surface area contributed by atoms with Gasteiger partial charge in [-0.25, -0.2) is 9.97 Å². The van der Waals surface area contributed by atoms with E-state index in [0.717, 1.165) is 43.0 Å². The van der Waals surface area contributed by atoms with Gasteiger partial charge in [0.05, 0.1) is 0 Å². The lowest BCUT2D eigenvalue weighted by atomic mass is 9.95. The summed E-state index contributed by atoms with van der Waals surface area (Å²) in [5.74, 6) is 1.72. The molecule has 1 atom stereocenters. The number of halogens is 1. The lowest BCUT2D eigenvalue weighted by Gasteiger charge is -2.38. The molecular weight excluding hydrogens is 286 g/mol. The third-order valence-electron chi connectivity index (χ3n) is 4.09. The molecule has 1 aliphatic heterocycles. The Balaban J connectivity index is 2.43. The molecule has 2 rings (SSSR count). The fourth-order valence-electron chi connectivity index (χ4n) is 2.82. The molecule has 0 saturated carbocycles. The van der Waals surface area contributed by atoms with E-state index in [-0.39, 0.29) is 12.0 Å². The van der Waals surface area contributed by atoms with Gasteiger partial charge in [0.1, 0.15) is 16.8 Å². The van der Waals surface area contributed by atoms with Crippen LogP contribution < -0.4 is 4.90 Å². The number of hydrogen-bond acceptors (Lipinski definition) is 4. The van der Waals surface area contributed by atoms with Crippen LogP contribution in [0, 0.1) is 6.92 Å². The maximum Gasteiger partial charge on any atom is 0.137 e. The predicted molar refractivity (Wildman–Crippen MR) is 87.2 cm³/mol. The van der Waals surface area contributed by atoms with Crippen LogP contribution in [0.1, 0.15) is 57.8 Å². The summed E-state index contributed by atoms with van der Waals surface area (Å²) < 4.78 is 0. The van der Waals surface area contributed by atoms with Crippen molar-refractivity contribution in [2.75, 3.05) is 18.1 Å². The minimum absolute atomic E-state index is 0.131. The maximum absolute atomic E-state index is 9.31. The monoisotopic (exact) mass is 311 g/mol. The first-order valence-electron chi connectivity index (χ1n) is 7.76. The van der Waals surface area contributed by atoms with Gasteiger partial charge < -0.3 is 10.0 Å². The standard InChI is InChI=1S/C16H26ClN3O/c1-11-13(17)18-15(16(2,3)4)19-14(11)20-9-6-5-7-12(20)8-10-21/h12,21H,5-10H2,1-4H3. The summed E-state index contributed by atoms with van der Waals surface area (Å²) >= 11 is 6.34. The molecule has 0 spiro atoms. The van der Waals surface area contributed by atoms with E-state index in [1.54, 1.807) is 0 Å². The minimum atomic E-state index is -0.131. The van der Waals surface area contributed by atoms with E-state index in [0.29, 0.717) is 11.2 Å². The fourth-order valence-corrected chi connectivity index (χ4v) is 2.99. The van der Waals surface area contributed by atoms with Crippen LogP contribution in [0.3, 0.4) is 0 Å². The number of anilines is 1. The number of piperidine rings is 1. The topological polar surface area (TPSA) is 49.2 Å². The van der Waals surface area contributed by atoms with Crippen molar-refractivity contribution in [2.24, 2.45) is 0 Å². The summed E-state index contributed by atoms with van der Waals surface area (Å²) in [7, 11) is 0. The summed E-state index contributed by atoms with van der Waals surface area (Å²) in [4.78, 5) is 11.6. The normalized spacial score (nSPS) is 19.9. The largest absolute Gasteiger partial charge is 0.396 e. The molecule has 0 aromatic carbocycles. The first-order chi connectivity index (χ1) is 9.84. The van der Waals surface area contributed by atoms with Crippen molar-refractivity contribution in [1.82, 2.24) is 9.97 Å². The van der Waals surface area contributed by atoms with Crippen LogP contribution in [-0.4, -0.2) is 34.3 Å². The number of hydrogen-bond donors (Lipinski definition) is 1. The second-order valence-electron chi connectivity index (χ2n) is 6.89. The van der Waals surface area contributed by atoms with Crippen molar-refractivity contribution >= 4 is 17.4 Å². The summed E-state index contributed by atoms with van der Waals surface area (Å²) in [6, 6.07) is 0.348. The van der Waals surface area contributed by atoms with E-state index in [4.69, 9.17) is 16.6 Å². The highest BCUT2D eigenvalue weighted by Crippen LogP contribution is 2.32. The van der Waals surface area contributed by atoms with Crippen LogP contribution in [0.15, 0.2) is 0 Å². The third-order valence-corrected chi connectivity index (χ3v) is 4.46. The molecule has 1 aromatic rings. The van der Waals surface area contributed by atoms with Crippen molar-refractivity contribution in [3.8, 4) is 0 Å². The summed E-state index contributed by atoms with van der Waals surface area (Å²) in [5.41, 5.74) is 0.809. The lowest BCUT2D eigenvalue weighted by molar-refractivity contribution is 0.262. The molecule has 5 heteroatoms. The van der Waals surface area contributed by atoms with E-state index in [1.807, 2.05) is 6.92 Å². The first kappa shape index (κ1) is 16.5. The van der Waals surface area contributed by atoms with Crippen LogP contribution in [-0.2, 0) is 5.41 Å². The summed E-state index contributed by atoms with van der Waals surface area (Å²) in [6.45, 7) is 9.46. The zero-order valence-corrected chi connectivity index (χ0v) is 14.2. The van der Waals surface area contributed by atoms with Crippen molar-refractivity contribution in [3.05, 3.63) is 16.5 Å². The Labute approximate surface area is 132 Å². The minimum Gasteiger partial charge on any atom is -0.396 e. The van der Waals surface area contributed by atoms with Gasteiger partial charge in [0.15, 0.2) is 0 Å². The van der Waals surface area contributed by atoms with Gasteiger partial charge in [-0.15, -0.1) is 0 Å². The third kappa shape index (κ3) is 3.67. The molecular formula is C16H26ClN3O. The lowest BCUT2D eigenvalue weighted by Crippen LogP contribution is -2.41. The SMILES string of the molecule is Cc1c(Cl)nc(C(C)(C)C)nc1N1CCCCC1CCO. The fraction of sp³-hybridized carbons (Fsp3) is 0.750. The van der Waals surface area contributed by atoms with Gasteiger partial charge in [0, 0.05) is 30.2 Å². The maximum atomic E-state index is 9.31. The van der Waals surface area contributed by atoms with Crippen LogP contribution in [0.4, 0.5) is 5.82 Å². The molecule has 0 bridgehead atoms. The molecule has 1 fully saturated rings. The molecule has 21 heavy (non-hydrogen) atoms. The molecule has 0 aliphatic carbocycles. The van der Waals surface area contributed by atoms with Crippen LogP contribution >= 0.6 is 11.6 Å². The average Bonchev–Trinajstić information content (AvgIpc) is 2.42. The van der Waals surface area contributed by atoms with Gasteiger partial charge in [-0.3, -0.25) is 0 Å². The van der Waals surface area contributed by atoms with Crippen molar-refractivity contribution < 1.29 is 5.11 Å². The van der Waals surface area contributed by atoms with Gasteiger partial charge in [0.25, 0.3) is 0 Å². The number of aliphatic hydroxyl groups is 1. The molecule has 0 amide bonds. The van der Waals surface area contributed by atoms with E-state index >= 15 is 0 Å². The molecule has 4 nitrogen and oxygen atoms in total. The Kier molecular flexibility index (Phi) is 5.10. The molecule has 1 aromatic heterocycles. The van der Waals surface area contributed by atoms with Crippen molar-refractivity contribution in [1.29, 1.82) is 0 Å². The predicted octanol–water partition coefficient (Wildman–Crippen LogP) is 3.48. The number of rotatable bonds is 3. The Bertz CT molecular complexity index is 497. The Morgan fingerprint density at radius 2 is 2.00 bits per heavy atom. The second-order valence-corrected chi connectivity index (χ2v) is 7.25. The first-order valence-corrected chi connectivity index (χ1v) is 8.14.